The van der Waals surface area contributed by atoms with E-state index in [4.69, 9.17) is 5.10 Å². The lowest BCUT2D eigenvalue weighted by molar-refractivity contribution is -0.126. The third-order valence-corrected chi connectivity index (χ3v) is 7.84. The quantitative estimate of drug-likeness (QED) is 0.452. The summed E-state index contributed by atoms with van der Waals surface area (Å²) in [6.07, 6.45) is 4.84. The number of piperidine rings is 1. The van der Waals surface area contributed by atoms with Gasteiger partial charge in [0.25, 0.3) is 0 Å². The lowest BCUT2D eigenvalue weighted by atomic mass is 9.87. The van der Waals surface area contributed by atoms with Crippen LogP contribution >= 0.6 is 0 Å². The summed E-state index contributed by atoms with van der Waals surface area (Å²) < 4.78 is 1.98. The van der Waals surface area contributed by atoms with Crippen molar-refractivity contribution >= 4 is 22.6 Å². The molecule has 2 aliphatic rings. The summed E-state index contributed by atoms with van der Waals surface area (Å²) in [6, 6.07) is 18.8. The summed E-state index contributed by atoms with van der Waals surface area (Å²) >= 11 is 0. The van der Waals surface area contributed by atoms with Crippen molar-refractivity contribution in [2.24, 2.45) is 5.92 Å². The topological polar surface area (TPSA) is 75.9 Å². The molecule has 2 aromatic heterocycles. The molecular weight excluding hydrogens is 448 g/mol. The van der Waals surface area contributed by atoms with Crippen molar-refractivity contribution in [1.29, 1.82) is 0 Å². The lowest BCUT2D eigenvalue weighted by Gasteiger charge is -2.33. The molecule has 7 nitrogen and oxygen atoms in total. The Kier molecular flexibility index (Phi) is 5.91. The molecule has 1 aliphatic carbocycles. The van der Waals surface area contributed by atoms with Crippen LogP contribution in [0.3, 0.4) is 0 Å². The molecule has 6 rings (SSSR count). The molecule has 184 valence electrons. The van der Waals surface area contributed by atoms with Crippen LogP contribution in [0.5, 0.6) is 0 Å². The Morgan fingerprint density at radius 2 is 1.69 bits per heavy atom. The van der Waals surface area contributed by atoms with E-state index in [1.54, 1.807) is 0 Å². The van der Waals surface area contributed by atoms with E-state index in [1.807, 2.05) is 29.8 Å². The van der Waals surface area contributed by atoms with E-state index >= 15 is 0 Å². The summed E-state index contributed by atoms with van der Waals surface area (Å²) in [5, 5.41) is 18.4. The van der Waals surface area contributed by atoms with Crippen LogP contribution < -0.4 is 10.2 Å². The SMILES string of the molecule is Cc1nnc(N2CCC(C(=O)N[C@@H]3CCCc4ccccc43)CC2)c2nn(-c3ccccc3)c(C)c12. The predicted molar refractivity (Wildman–Crippen MR) is 141 cm³/mol. The second-order valence-electron chi connectivity index (χ2n) is 10.1. The highest BCUT2D eigenvalue weighted by atomic mass is 16.2. The van der Waals surface area contributed by atoms with Crippen LogP contribution in [0.2, 0.25) is 0 Å². The van der Waals surface area contributed by atoms with Crippen molar-refractivity contribution in [3.05, 3.63) is 77.1 Å². The molecule has 0 unspecified atom stereocenters. The molecule has 0 radical (unpaired) electrons. The molecule has 3 heterocycles. The van der Waals surface area contributed by atoms with Crippen LogP contribution in [0.25, 0.3) is 16.6 Å². The first-order valence-corrected chi connectivity index (χ1v) is 13.0. The van der Waals surface area contributed by atoms with Gasteiger partial charge in [0, 0.05) is 19.0 Å². The summed E-state index contributed by atoms with van der Waals surface area (Å²) in [7, 11) is 0. The van der Waals surface area contributed by atoms with E-state index in [1.165, 1.54) is 11.1 Å². The first-order chi connectivity index (χ1) is 17.6. The number of hydrogen-bond acceptors (Lipinski definition) is 5. The van der Waals surface area contributed by atoms with Gasteiger partial charge in [-0.3, -0.25) is 4.79 Å². The molecule has 1 aliphatic heterocycles. The van der Waals surface area contributed by atoms with Gasteiger partial charge in [0.1, 0.15) is 5.52 Å². The number of aromatic nitrogens is 4. The Hall–Kier alpha value is -3.74. The maximum Gasteiger partial charge on any atom is 0.223 e. The largest absolute Gasteiger partial charge is 0.353 e. The van der Waals surface area contributed by atoms with Gasteiger partial charge < -0.3 is 10.2 Å². The smallest absolute Gasteiger partial charge is 0.223 e. The lowest BCUT2D eigenvalue weighted by Crippen LogP contribution is -2.42. The van der Waals surface area contributed by atoms with Gasteiger partial charge in [0.05, 0.1) is 28.5 Å². The highest BCUT2D eigenvalue weighted by molar-refractivity contribution is 5.92. The summed E-state index contributed by atoms with van der Waals surface area (Å²) in [4.78, 5) is 15.5. The van der Waals surface area contributed by atoms with Gasteiger partial charge in [-0.05, 0) is 69.2 Å². The fraction of sp³-hybridized carbons (Fsp3) is 0.379. The van der Waals surface area contributed by atoms with Gasteiger partial charge in [0.2, 0.25) is 5.91 Å². The number of rotatable bonds is 4. The molecule has 0 spiro atoms. The second kappa shape index (κ2) is 9.37. The van der Waals surface area contributed by atoms with E-state index in [-0.39, 0.29) is 17.9 Å². The minimum Gasteiger partial charge on any atom is -0.353 e. The number of carbonyl (C=O) groups excluding carboxylic acids is 1. The highest BCUT2D eigenvalue weighted by Crippen LogP contribution is 2.33. The Balaban J connectivity index is 1.19. The van der Waals surface area contributed by atoms with Crippen LogP contribution in [0, 0.1) is 19.8 Å². The zero-order chi connectivity index (χ0) is 24.6. The maximum atomic E-state index is 13.2. The number of para-hydroxylation sites is 1. The molecule has 1 saturated heterocycles. The predicted octanol–water partition coefficient (Wildman–Crippen LogP) is 4.84. The van der Waals surface area contributed by atoms with E-state index in [0.29, 0.717) is 0 Å². The third kappa shape index (κ3) is 4.02. The summed E-state index contributed by atoms with van der Waals surface area (Å²) in [5.74, 6) is 1.02. The number of benzene rings is 2. The Bertz CT molecular complexity index is 1400. The van der Waals surface area contributed by atoms with Crippen molar-refractivity contribution in [1.82, 2.24) is 25.3 Å². The minimum absolute atomic E-state index is 0.0212. The van der Waals surface area contributed by atoms with Gasteiger partial charge in [-0.15, -0.1) is 5.10 Å². The maximum absolute atomic E-state index is 13.2. The normalized spacial score (nSPS) is 18.3. The number of carbonyl (C=O) groups is 1. The molecule has 0 saturated carbocycles. The van der Waals surface area contributed by atoms with E-state index in [2.05, 4.69) is 63.7 Å². The molecule has 1 N–H and O–H groups in total. The number of anilines is 1. The van der Waals surface area contributed by atoms with Gasteiger partial charge >= 0.3 is 0 Å². The zero-order valence-corrected chi connectivity index (χ0v) is 20.9. The fourth-order valence-corrected chi connectivity index (χ4v) is 5.89. The van der Waals surface area contributed by atoms with Gasteiger partial charge in [-0.25, -0.2) is 4.68 Å². The number of nitrogens with zero attached hydrogens (tertiary/aromatic N) is 5. The average molecular weight is 481 g/mol. The van der Waals surface area contributed by atoms with Crippen molar-refractivity contribution in [2.75, 3.05) is 18.0 Å². The van der Waals surface area contributed by atoms with E-state index in [0.717, 1.165) is 79.0 Å². The number of hydrogen-bond donors (Lipinski definition) is 1. The van der Waals surface area contributed by atoms with Crippen molar-refractivity contribution in [2.45, 2.75) is 52.0 Å². The van der Waals surface area contributed by atoms with Gasteiger partial charge in [-0.2, -0.15) is 10.2 Å². The Morgan fingerprint density at radius 3 is 2.50 bits per heavy atom. The number of fused-ring (bicyclic) bond motifs is 2. The highest BCUT2D eigenvalue weighted by Gasteiger charge is 2.30. The van der Waals surface area contributed by atoms with Crippen LogP contribution in [-0.4, -0.2) is 39.0 Å². The van der Waals surface area contributed by atoms with Crippen molar-refractivity contribution in [3.63, 3.8) is 0 Å². The molecule has 1 fully saturated rings. The van der Waals surface area contributed by atoms with E-state index in [9.17, 15) is 4.79 Å². The second-order valence-corrected chi connectivity index (χ2v) is 10.1. The number of nitrogens with one attached hydrogen (secondary N) is 1. The first kappa shape index (κ1) is 22.7. The molecule has 4 aromatic rings. The fourth-order valence-electron chi connectivity index (χ4n) is 5.89. The average Bonchev–Trinajstić information content (AvgIpc) is 3.27. The molecule has 0 bridgehead atoms. The molecular formula is C29H32N6O. The van der Waals surface area contributed by atoms with Crippen LogP contribution in [0.4, 0.5) is 5.82 Å². The van der Waals surface area contributed by atoms with Crippen LogP contribution in [0.1, 0.15) is 54.2 Å². The Morgan fingerprint density at radius 1 is 0.944 bits per heavy atom. The molecule has 2 aromatic carbocycles. The van der Waals surface area contributed by atoms with E-state index < -0.39 is 0 Å². The minimum atomic E-state index is 0.0212. The summed E-state index contributed by atoms with van der Waals surface area (Å²) in [6.45, 7) is 5.61. The number of amides is 1. The Labute approximate surface area is 211 Å². The zero-order valence-electron chi connectivity index (χ0n) is 20.9. The first-order valence-electron chi connectivity index (χ1n) is 13.0. The van der Waals surface area contributed by atoms with Crippen LogP contribution in [0.15, 0.2) is 54.6 Å². The monoisotopic (exact) mass is 480 g/mol. The molecule has 1 atom stereocenters. The van der Waals surface area contributed by atoms with Crippen LogP contribution in [-0.2, 0) is 11.2 Å². The third-order valence-electron chi connectivity index (χ3n) is 7.84. The molecule has 36 heavy (non-hydrogen) atoms. The number of aryl methyl sites for hydroxylation is 3. The standard InChI is InChI=1S/C29H32N6O/c1-19-26-20(2)35(23-11-4-3-5-12-23)33-27(26)28(32-31-19)34-17-15-22(16-18-34)29(36)30-25-14-8-10-21-9-6-7-13-24(21)25/h3-7,9,11-13,22,25H,8,10,14-18H2,1-2H3,(H,30,36)/t25-/m1/s1. The summed E-state index contributed by atoms with van der Waals surface area (Å²) in [5.41, 5.74) is 6.51. The van der Waals surface area contributed by atoms with Crippen molar-refractivity contribution in [3.8, 4) is 5.69 Å². The van der Waals surface area contributed by atoms with Gasteiger partial charge in [0.15, 0.2) is 5.82 Å². The van der Waals surface area contributed by atoms with Gasteiger partial charge in [-0.1, -0.05) is 42.5 Å². The molecule has 1 amide bonds. The van der Waals surface area contributed by atoms with Crippen molar-refractivity contribution < 1.29 is 4.79 Å². The molecule has 7 heteroatoms.